The number of nitrogens with two attached hydrogens (primary N) is 2. The second kappa shape index (κ2) is 4.68. The van der Waals surface area contributed by atoms with E-state index in [0.29, 0.717) is 3.57 Å². The molecular weight excluding hydrogens is 356 g/mol. The molecule has 18 heavy (non-hydrogen) atoms. The number of halogens is 4. The lowest BCUT2D eigenvalue weighted by molar-refractivity contribution is 0.513. The largest absolute Gasteiger partial charge is 0.396 e. The first kappa shape index (κ1) is 13.0. The molecule has 2 rings (SSSR count). The van der Waals surface area contributed by atoms with Crippen molar-refractivity contribution in [3.63, 3.8) is 0 Å². The third kappa shape index (κ3) is 2.12. The van der Waals surface area contributed by atoms with Crippen molar-refractivity contribution < 1.29 is 13.2 Å². The SMILES string of the molecule is Nc1c(-c2ccc(I)cc2F)cc(F)c(F)c1N. The minimum atomic E-state index is -1.22. The lowest BCUT2D eigenvalue weighted by Gasteiger charge is -2.11. The Morgan fingerprint density at radius 3 is 2.11 bits per heavy atom. The Morgan fingerprint density at radius 1 is 0.833 bits per heavy atom. The summed E-state index contributed by atoms with van der Waals surface area (Å²) in [6.45, 7) is 0. The van der Waals surface area contributed by atoms with Crippen LogP contribution in [0.4, 0.5) is 24.5 Å². The van der Waals surface area contributed by atoms with Crippen LogP contribution in [0.3, 0.4) is 0 Å². The predicted molar refractivity (Wildman–Crippen MR) is 73.3 cm³/mol. The lowest BCUT2D eigenvalue weighted by Crippen LogP contribution is -2.03. The molecule has 0 spiro atoms. The van der Waals surface area contributed by atoms with Crippen LogP contribution in [-0.4, -0.2) is 0 Å². The molecule has 0 aromatic heterocycles. The van der Waals surface area contributed by atoms with E-state index in [0.717, 1.165) is 6.07 Å². The topological polar surface area (TPSA) is 52.0 Å². The summed E-state index contributed by atoms with van der Waals surface area (Å²) in [5.74, 6) is -2.95. The summed E-state index contributed by atoms with van der Waals surface area (Å²) in [5.41, 5.74) is 10.4. The zero-order chi connectivity index (χ0) is 13.4. The van der Waals surface area contributed by atoms with Crippen molar-refractivity contribution in [3.05, 3.63) is 45.3 Å². The van der Waals surface area contributed by atoms with E-state index in [1.807, 2.05) is 22.6 Å². The Balaban J connectivity index is 2.72. The third-order valence-corrected chi connectivity index (χ3v) is 3.19. The van der Waals surface area contributed by atoms with Gasteiger partial charge in [0.25, 0.3) is 0 Å². The molecule has 0 amide bonds. The molecule has 4 N–H and O–H groups in total. The Bertz CT molecular complexity index is 629. The second-order valence-electron chi connectivity index (χ2n) is 3.67. The molecule has 2 nitrogen and oxygen atoms in total. The van der Waals surface area contributed by atoms with Gasteiger partial charge in [0.1, 0.15) is 5.82 Å². The fourth-order valence-corrected chi connectivity index (χ4v) is 2.04. The van der Waals surface area contributed by atoms with Crippen molar-refractivity contribution in [2.24, 2.45) is 0 Å². The van der Waals surface area contributed by atoms with E-state index in [4.69, 9.17) is 11.5 Å². The van der Waals surface area contributed by atoms with Crippen LogP contribution in [0.1, 0.15) is 0 Å². The molecule has 0 saturated heterocycles. The Kier molecular flexibility index (Phi) is 3.38. The van der Waals surface area contributed by atoms with E-state index in [-0.39, 0.29) is 16.8 Å². The molecule has 6 heteroatoms. The van der Waals surface area contributed by atoms with Crippen LogP contribution in [0.15, 0.2) is 24.3 Å². The van der Waals surface area contributed by atoms with Gasteiger partial charge in [-0.05, 0) is 40.8 Å². The Hall–Kier alpha value is -1.44. The first-order valence-electron chi connectivity index (χ1n) is 4.90. The van der Waals surface area contributed by atoms with Crippen molar-refractivity contribution in [2.75, 3.05) is 11.5 Å². The number of anilines is 2. The molecule has 0 heterocycles. The maximum atomic E-state index is 13.8. The number of hydrogen-bond acceptors (Lipinski definition) is 2. The highest BCUT2D eigenvalue weighted by Gasteiger charge is 2.17. The molecule has 2 aromatic rings. The van der Waals surface area contributed by atoms with Gasteiger partial charge in [-0.1, -0.05) is 6.07 Å². The molecule has 0 aliphatic carbocycles. The molecule has 0 aliphatic heterocycles. The lowest BCUT2D eigenvalue weighted by atomic mass is 10.0. The minimum Gasteiger partial charge on any atom is -0.396 e. The second-order valence-corrected chi connectivity index (χ2v) is 4.92. The summed E-state index contributed by atoms with van der Waals surface area (Å²) in [7, 11) is 0. The van der Waals surface area contributed by atoms with Crippen molar-refractivity contribution >= 4 is 34.0 Å². The van der Waals surface area contributed by atoms with Gasteiger partial charge in [-0.3, -0.25) is 0 Å². The summed E-state index contributed by atoms with van der Waals surface area (Å²) in [4.78, 5) is 0. The summed E-state index contributed by atoms with van der Waals surface area (Å²) in [6, 6.07) is 5.19. The van der Waals surface area contributed by atoms with Crippen LogP contribution in [0.25, 0.3) is 11.1 Å². The van der Waals surface area contributed by atoms with Crippen LogP contribution < -0.4 is 11.5 Å². The first-order chi connectivity index (χ1) is 8.41. The average Bonchev–Trinajstić information content (AvgIpc) is 2.32. The van der Waals surface area contributed by atoms with Gasteiger partial charge >= 0.3 is 0 Å². The first-order valence-corrected chi connectivity index (χ1v) is 5.98. The highest BCUT2D eigenvalue weighted by Crippen LogP contribution is 2.35. The summed E-state index contributed by atoms with van der Waals surface area (Å²) in [5, 5.41) is 0. The van der Waals surface area contributed by atoms with Gasteiger partial charge in [-0.25, -0.2) is 13.2 Å². The summed E-state index contributed by atoms with van der Waals surface area (Å²) in [6.07, 6.45) is 0. The Labute approximate surface area is 115 Å². The molecule has 0 aliphatic rings. The van der Waals surface area contributed by atoms with Gasteiger partial charge < -0.3 is 11.5 Å². The molecule has 0 bridgehead atoms. The van der Waals surface area contributed by atoms with E-state index in [2.05, 4.69) is 0 Å². The normalized spacial score (nSPS) is 10.7. The quantitative estimate of drug-likeness (QED) is 0.601. The number of hydrogen-bond donors (Lipinski definition) is 2. The Morgan fingerprint density at radius 2 is 1.50 bits per heavy atom. The molecule has 0 fully saturated rings. The summed E-state index contributed by atoms with van der Waals surface area (Å²) >= 11 is 1.94. The number of rotatable bonds is 1. The fraction of sp³-hybridized carbons (Fsp3) is 0. The van der Waals surface area contributed by atoms with Gasteiger partial charge in [0.15, 0.2) is 11.6 Å². The van der Waals surface area contributed by atoms with Gasteiger partial charge in [-0.2, -0.15) is 0 Å². The molecule has 0 radical (unpaired) electrons. The standard InChI is InChI=1S/C12H8F3IN2/c13-8-3-5(16)1-2-6(8)7-4-9(14)10(15)12(18)11(7)17/h1-4H,17-18H2. The van der Waals surface area contributed by atoms with Crippen LogP contribution in [-0.2, 0) is 0 Å². The molecule has 94 valence electrons. The minimum absolute atomic E-state index is 0.0419. The molecule has 0 unspecified atom stereocenters. The number of nitrogen functional groups attached to an aromatic ring is 2. The maximum absolute atomic E-state index is 13.8. The smallest absolute Gasteiger partial charge is 0.183 e. The van der Waals surface area contributed by atoms with Crippen LogP contribution >= 0.6 is 22.6 Å². The van der Waals surface area contributed by atoms with Crippen molar-refractivity contribution in [3.8, 4) is 11.1 Å². The molecular formula is C12H8F3IN2. The number of benzene rings is 2. The highest BCUT2D eigenvalue weighted by molar-refractivity contribution is 14.1. The van der Waals surface area contributed by atoms with Crippen LogP contribution in [0.2, 0.25) is 0 Å². The van der Waals surface area contributed by atoms with E-state index < -0.39 is 23.1 Å². The monoisotopic (exact) mass is 364 g/mol. The molecule has 0 saturated carbocycles. The van der Waals surface area contributed by atoms with Crippen LogP contribution in [0, 0.1) is 21.0 Å². The summed E-state index contributed by atoms with van der Waals surface area (Å²) < 4.78 is 40.9. The van der Waals surface area contributed by atoms with Gasteiger partial charge in [0.05, 0.1) is 11.4 Å². The van der Waals surface area contributed by atoms with Crippen molar-refractivity contribution in [2.45, 2.75) is 0 Å². The van der Waals surface area contributed by atoms with E-state index in [1.165, 1.54) is 12.1 Å². The molecule has 0 atom stereocenters. The van der Waals surface area contributed by atoms with E-state index in [9.17, 15) is 13.2 Å². The molecule has 2 aromatic carbocycles. The van der Waals surface area contributed by atoms with E-state index >= 15 is 0 Å². The van der Waals surface area contributed by atoms with Crippen molar-refractivity contribution in [1.82, 2.24) is 0 Å². The third-order valence-electron chi connectivity index (χ3n) is 2.52. The van der Waals surface area contributed by atoms with Crippen LogP contribution in [0.5, 0.6) is 0 Å². The zero-order valence-electron chi connectivity index (χ0n) is 8.98. The van der Waals surface area contributed by atoms with Gasteiger partial charge in [-0.15, -0.1) is 0 Å². The van der Waals surface area contributed by atoms with Gasteiger partial charge in [0, 0.05) is 14.7 Å². The van der Waals surface area contributed by atoms with Gasteiger partial charge in [0.2, 0.25) is 0 Å². The average molecular weight is 364 g/mol. The van der Waals surface area contributed by atoms with E-state index in [1.54, 1.807) is 6.07 Å². The fourth-order valence-electron chi connectivity index (χ4n) is 1.59. The maximum Gasteiger partial charge on any atom is 0.183 e. The highest BCUT2D eigenvalue weighted by atomic mass is 127. The zero-order valence-corrected chi connectivity index (χ0v) is 11.1. The predicted octanol–water partition coefficient (Wildman–Crippen LogP) is 3.54. The van der Waals surface area contributed by atoms with Crippen molar-refractivity contribution in [1.29, 1.82) is 0 Å².